The van der Waals surface area contributed by atoms with Gasteiger partial charge in [-0.3, -0.25) is 0 Å². The molecule has 0 atom stereocenters. The molecule has 0 aliphatic rings. The van der Waals surface area contributed by atoms with Gasteiger partial charge in [-0.25, -0.2) is 24.2 Å². The van der Waals surface area contributed by atoms with Gasteiger partial charge in [-0.1, -0.05) is 0 Å². The van der Waals surface area contributed by atoms with Crippen LogP contribution in [0.1, 0.15) is 17.9 Å². The van der Waals surface area contributed by atoms with E-state index in [2.05, 4.69) is 20.8 Å². The molecule has 2 aromatic rings. The SMILES string of the molecule is FC(F)c1cc(NNCc2ccco2)ncn1. The Morgan fingerprint density at radius 3 is 2.94 bits per heavy atom. The van der Waals surface area contributed by atoms with Crippen LogP contribution in [0, 0.1) is 0 Å². The summed E-state index contributed by atoms with van der Waals surface area (Å²) >= 11 is 0. The quantitative estimate of drug-likeness (QED) is 0.784. The van der Waals surface area contributed by atoms with E-state index in [1.54, 1.807) is 18.4 Å². The summed E-state index contributed by atoms with van der Waals surface area (Å²) in [4.78, 5) is 7.24. The number of nitrogens with one attached hydrogen (secondary N) is 2. The molecule has 0 radical (unpaired) electrons. The number of hydrogen-bond acceptors (Lipinski definition) is 5. The van der Waals surface area contributed by atoms with E-state index >= 15 is 0 Å². The Morgan fingerprint density at radius 2 is 2.24 bits per heavy atom. The lowest BCUT2D eigenvalue weighted by Crippen LogP contribution is -2.21. The van der Waals surface area contributed by atoms with Crippen molar-refractivity contribution in [3.05, 3.63) is 42.2 Å². The average Bonchev–Trinajstić information content (AvgIpc) is 2.82. The number of alkyl halides is 2. The first-order chi connectivity index (χ1) is 8.25. The molecular formula is C10H10F2N4O. The molecule has 2 heterocycles. The fourth-order valence-corrected chi connectivity index (χ4v) is 1.20. The molecule has 0 aliphatic heterocycles. The highest BCUT2D eigenvalue weighted by Gasteiger charge is 2.09. The van der Waals surface area contributed by atoms with Crippen molar-refractivity contribution in [2.45, 2.75) is 13.0 Å². The molecule has 5 nitrogen and oxygen atoms in total. The van der Waals surface area contributed by atoms with Gasteiger partial charge >= 0.3 is 0 Å². The van der Waals surface area contributed by atoms with Gasteiger partial charge in [0.15, 0.2) is 0 Å². The van der Waals surface area contributed by atoms with Gasteiger partial charge in [-0.2, -0.15) is 0 Å². The minimum atomic E-state index is -2.61. The van der Waals surface area contributed by atoms with Crippen LogP contribution in [-0.4, -0.2) is 9.97 Å². The van der Waals surface area contributed by atoms with Crippen LogP contribution in [0.2, 0.25) is 0 Å². The monoisotopic (exact) mass is 240 g/mol. The first kappa shape index (κ1) is 11.5. The molecule has 0 saturated carbocycles. The molecule has 2 aromatic heterocycles. The van der Waals surface area contributed by atoms with E-state index in [0.29, 0.717) is 6.54 Å². The van der Waals surface area contributed by atoms with Crippen LogP contribution in [-0.2, 0) is 6.54 Å². The van der Waals surface area contributed by atoms with Gasteiger partial charge in [0.25, 0.3) is 6.43 Å². The summed E-state index contributed by atoms with van der Waals surface area (Å²) in [7, 11) is 0. The highest BCUT2D eigenvalue weighted by Crippen LogP contribution is 2.17. The van der Waals surface area contributed by atoms with Crippen molar-refractivity contribution in [3.8, 4) is 0 Å². The van der Waals surface area contributed by atoms with Crippen LogP contribution < -0.4 is 10.9 Å². The molecule has 17 heavy (non-hydrogen) atoms. The van der Waals surface area contributed by atoms with E-state index in [1.807, 2.05) is 0 Å². The molecule has 2 N–H and O–H groups in total. The van der Waals surface area contributed by atoms with E-state index in [1.165, 1.54) is 6.07 Å². The number of rotatable bonds is 5. The predicted octanol–water partition coefficient (Wildman–Crippen LogP) is 2.12. The van der Waals surface area contributed by atoms with Crippen LogP contribution in [0.3, 0.4) is 0 Å². The van der Waals surface area contributed by atoms with Gasteiger partial charge < -0.3 is 9.84 Å². The van der Waals surface area contributed by atoms with E-state index in [0.717, 1.165) is 12.1 Å². The van der Waals surface area contributed by atoms with Crippen LogP contribution in [0.25, 0.3) is 0 Å². The molecule has 0 aromatic carbocycles. The smallest absolute Gasteiger partial charge is 0.280 e. The zero-order chi connectivity index (χ0) is 12.1. The van der Waals surface area contributed by atoms with Crippen LogP contribution >= 0.6 is 0 Å². The zero-order valence-electron chi connectivity index (χ0n) is 8.73. The number of nitrogens with zero attached hydrogens (tertiary/aromatic N) is 2. The Hall–Kier alpha value is -2.02. The Kier molecular flexibility index (Phi) is 3.61. The standard InChI is InChI=1S/C10H10F2N4O/c11-10(12)8-4-9(14-6-13-8)16-15-5-7-2-1-3-17-7/h1-4,6,10,15H,5H2,(H,13,14,16). The summed E-state index contributed by atoms with van der Waals surface area (Å²) in [6.07, 6.45) is 0.0262. The minimum Gasteiger partial charge on any atom is -0.468 e. The van der Waals surface area contributed by atoms with Crippen LogP contribution in [0.5, 0.6) is 0 Å². The zero-order valence-corrected chi connectivity index (χ0v) is 8.73. The summed E-state index contributed by atoms with van der Waals surface area (Å²) < 4.78 is 29.8. The van der Waals surface area contributed by atoms with Crippen molar-refractivity contribution in [1.29, 1.82) is 0 Å². The molecule has 2 rings (SSSR count). The lowest BCUT2D eigenvalue weighted by molar-refractivity contribution is 0.146. The number of furan rings is 1. The fourth-order valence-electron chi connectivity index (χ4n) is 1.20. The molecule has 0 bridgehead atoms. The fraction of sp³-hybridized carbons (Fsp3) is 0.200. The summed E-state index contributed by atoms with van der Waals surface area (Å²) in [5.41, 5.74) is 5.16. The van der Waals surface area contributed by atoms with Crippen LogP contribution in [0.15, 0.2) is 35.2 Å². The maximum absolute atomic E-state index is 12.3. The third kappa shape index (κ3) is 3.22. The van der Waals surface area contributed by atoms with Crippen molar-refractivity contribution in [1.82, 2.24) is 15.4 Å². The lowest BCUT2D eigenvalue weighted by Gasteiger charge is -2.06. The molecule has 7 heteroatoms. The lowest BCUT2D eigenvalue weighted by atomic mass is 10.4. The Bertz CT molecular complexity index is 461. The molecule has 0 saturated heterocycles. The molecule has 0 fully saturated rings. The molecule has 0 spiro atoms. The first-order valence-electron chi connectivity index (χ1n) is 4.87. The van der Waals surface area contributed by atoms with Crippen molar-refractivity contribution in [2.24, 2.45) is 0 Å². The van der Waals surface area contributed by atoms with Crippen molar-refractivity contribution in [2.75, 3.05) is 5.43 Å². The van der Waals surface area contributed by atoms with E-state index in [4.69, 9.17) is 4.42 Å². The molecule has 90 valence electrons. The topological polar surface area (TPSA) is 63.0 Å². The van der Waals surface area contributed by atoms with E-state index in [9.17, 15) is 8.78 Å². The second-order valence-electron chi connectivity index (χ2n) is 3.19. The maximum Gasteiger partial charge on any atom is 0.280 e. The van der Waals surface area contributed by atoms with Crippen LogP contribution in [0.4, 0.5) is 14.6 Å². The average molecular weight is 240 g/mol. The van der Waals surface area contributed by atoms with Crippen molar-refractivity contribution < 1.29 is 13.2 Å². The van der Waals surface area contributed by atoms with Gasteiger partial charge in [0.05, 0.1) is 12.8 Å². The van der Waals surface area contributed by atoms with Gasteiger partial charge in [0.2, 0.25) is 0 Å². The highest BCUT2D eigenvalue weighted by molar-refractivity contribution is 5.33. The number of halogens is 2. The van der Waals surface area contributed by atoms with E-state index < -0.39 is 6.43 Å². The Morgan fingerprint density at radius 1 is 1.35 bits per heavy atom. The van der Waals surface area contributed by atoms with Crippen molar-refractivity contribution >= 4 is 5.82 Å². The van der Waals surface area contributed by atoms with Gasteiger partial charge in [0.1, 0.15) is 23.6 Å². The first-order valence-corrected chi connectivity index (χ1v) is 4.87. The van der Waals surface area contributed by atoms with Gasteiger partial charge in [0, 0.05) is 6.07 Å². The second-order valence-corrected chi connectivity index (χ2v) is 3.19. The van der Waals surface area contributed by atoms with Gasteiger partial charge in [-0.05, 0) is 12.1 Å². The summed E-state index contributed by atoms with van der Waals surface area (Å²) in [6, 6.07) is 4.73. The Balaban J connectivity index is 1.88. The number of hydrazine groups is 1. The minimum absolute atomic E-state index is 0.279. The molecule has 0 unspecified atom stereocenters. The number of anilines is 1. The third-order valence-electron chi connectivity index (χ3n) is 1.97. The second kappa shape index (κ2) is 5.35. The normalized spacial score (nSPS) is 10.8. The third-order valence-corrected chi connectivity index (χ3v) is 1.97. The summed E-state index contributed by atoms with van der Waals surface area (Å²) in [5.74, 6) is 1.00. The largest absolute Gasteiger partial charge is 0.468 e. The molecule has 0 aliphatic carbocycles. The Labute approximate surface area is 95.9 Å². The van der Waals surface area contributed by atoms with Gasteiger partial charge in [-0.15, -0.1) is 0 Å². The maximum atomic E-state index is 12.3. The van der Waals surface area contributed by atoms with E-state index in [-0.39, 0.29) is 11.5 Å². The number of hydrogen-bond donors (Lipinski definition) is 2. The molecular weight excluding hydrogens is 230 g/mol. The van der Waals surface area contributed by atoms with Crippen molar-refractivity contribution in [3.63, 3.8) is 0 Å². The number of aromatic nitrogens is 2. The predicted molar refractivity (Wildman–Crippen MR) is 56.2 cm³/mol. The highest BCUT2D eigenvalue weighted by atomic mass is 19.3. The summed E-state index contributed by atoms with van der Waals surface area (Å²) in [6.45, 7) is 0.418. The molecule has 0 amide bonds. The summed E-state index contributed by atoms with van der Waals surface area (Å²) in [5, 5.41) is 0.